The van der Waals surface area contributed by atoms with Crippen molar-refractivity contribution < 1.29 is 9.59 Å². The highest BCUT2D eigenvalue weighted by atomic mass is 16.2. The van der Waals surface area contributed by atoms with Crippen LogP contribution in [-0.4, -0.2) is 27.4 Å². The number of aryl methyl sites for hydroxylation is 2. The molecule has 0 spiro atoms. The number of benzene rings is 2. The van der Waals surface area contributed by atoms with Crippen molar-refractivity contribution in [1.29, 1.82) is 0 Å². The maximum atomic E-state index is 12.9. The van der Waals surface area contributed by atoms with Gasteiger partial charge in [0.05, 0.1) is 12.1 Å². The van der Waals surface area contributed by atoms with E-state index in [2.05, 4.69) is 21.4 Å². The van der Waals surface area contributed by atoms with Crippen LogP contribution in [0.4, 0.5) is 5.69 Å². The van der Waals surface area contributed by atoms with Crippen LogP contribution >= 0.6 is 0 Å². The van der Waals surface area contributed by atoms with Crippen LogP contribution in [0.25, 0.3) is 11.3 Å². The maximum Gasteiger partial charge on any atom is 0.247 e. The predicted octanol–water partition coefficient (Wildman–Crippen LogP) is 4.21. The number of fused-ring (bicyclic) bond motifs is 1. The molecule has 166 valence electrons. The lowest BCUT2D eigenvalue weighted by molar-refractivity contribution is -0.127. The van der Waals surface area contributed by atoms with E-state index in [4.69, 9.17) is 4.98 Å². The first kappa shape index (κ1) is 21.8. The van der Waals surface area contributed by atoms with E-state index < -0.39 is 6.04 Å². The van der Waals surface area contributed by atoms with E-state index in [9.17, 15) is 9.59 Å². The van der Waals surface area contributed by atoms with Crippen LogP contribution < -0.4 is 10.6 Å². The molecule has 1 aliphatic rings. The van der Waals surface area contributed by atoms with E-state index in [0.29, 0.717) is 5.69 Å². The molecule has 0 saturated heterocycles. The number of rotatable bonds is 7. The summed E-state index contributed by atoms with van der Waals surface area (Å²) in [5.74, 6) is 0.733. The molecule has 6 heteroatoms. The molecule has 2 amide bonds. The second-order valence-electron chi connectivity index (χ2n) is 8.71. The van der Waals surface area contributed by atoms with Gasteiger partial charge in [0, 0.05) is 30.4 Å². The van der Waals surface area contributed by atoms with E-state index in [1.165, 1.54) is 12.8 Å². The Bertz CT molecular complexity index is 1050. The topological polar surface area (TPSA) is 76.0 Å². The van der Waals surface area contributed by atoms with E-state index in [0.717, 1.165) is 35.6 Å². The minimum atomic E-state index is -0.606. The molecule has 2 heterocycles. The number of nitrogens with zero attached hydrogens (tertiary/aromatic N) is 2. The third-order valence-corrected chi connectivity index (χ3v) is 5.83. The summed E-state index contributed by atoms with van der Waals surface area (Å²) >= 11 is 0. The van der Waals surface area contributed by atoms with E-state index in [-0.39, 0.29) is 24.2 Å². The van der Waals surface area contributed by atoms with Gasteiger partial charge in [-0.25, -0.2) is 4.98 Å². The van der Waals surface area contributed by atoms with Gasteiger partial charge in [0.2, 0.25) is 11.8 Å². The molecule has 0 aliphatic carbocycles. The number of carbonyl (C=O) groups excluding carboxylic acids is 2. The van der Waals surface area contributed by atoms with Crippen molar-refractivity contribution in [3.8, 4) is 11.3 Å². The molecule has 0 fully saturated rings. The maximum absolute atomic E-state index is 12.9. The van der Waals surface area contributed by atoms with Gasteiger partial charge in [-0.05, 0) is 36.5 Å². The van der Waals surface area contributed by atoms with Crippen LogP contribution in [0.15, 0.2) is 60.8 Å². The summed E-state index contributed by atoms with van der Waals surface area (Å²) in [6.45, 7) is 4.89. The van der Waals surface area contributed by atoms with Crippen LogP contribution in [0.1, 0.15) is 38.1 Å². The Labute approximate surface area is 189 Å². The summed E-state index contributed by atoms with van der Waals surface area (Å²) < 4.78 is 2.24. The highest BCUT2D eigenvalue weighted by Crippen LogP contribution is 2.24. The second-order valence-corrected chi connectivity index (χ2v) is 8.71. The Morgan fingerprint density at radius 2 is 1.78 bits per heavy atom. The number of imidazole rings is 1. The van der Waals surface area contributed by atoms with Crippen LogP contribution in [0.2, 0.25) is 0 Å². The molecule has 1 aliphatic heterocycles. The zero-order valence-electron chi connectivity index (χ0n) is 18.7. The second kappa shape index (κ2) is 9.81. The molecular weight excluding hydrogens is 400 g/mol. The minimum absolute atomic E-state index is 0.0362. The fourth-order valence-electron chi connectivity index (χ4n) is 4.04. The molecule has 3 aromatic rings. The van der Waals surface area contributed by atoms with Crippen LogP contribution in [0.3, 0.4) is 0 Å². The SMILES string of the molecule is CC(C)C(NC(=O)Cc1ccccc1)C(=O)Nc1ccc(-c2cn3c(n2)CCCC3)cc1. The van der Waals surface area contributed by atoms with E-state index in [1.807, 2.05) is 68.4 Å². The number of hydrogen-bond donors (Lipinski definition) is 2. The third kappa shape index (κ3) is 5.25. The van der Waals surface area contributed by atoms with Crippen molar-refractivity contribution in [3.63, 3.8) is 0 Å². The van der Waals surface area contributed by atoms with Crippen molar-refractivity contribution in [2.24, 2.45) is 5.92 Å². The molecular formula is C26H30N4O2. The normalized spacial score (nSPS) is 14.0. The summed E-state index contributed by atoms with van der Waals surface area (Å²) in [4.78, 5) is 30.1. The lowest BCUT2D eigenvalue weighted by atomic mass is 10.0. The average Bonchev–Trinajstić information content (AvgIpc) is 3.23. The fourth-order valence-corrected chi connectivity index (χ4v) is 4.04. The first-order valence-corrected chi connectivity index (χ1v) is 11.3. The summed E-state index contributed by atoms with van der Waals surface area (Å²) in [7, 11) is 0. The van der Waals surface area contributed by atoms with Crippen molar-refractivity contribution >= 4 is 17.5 Å². The first-order chi connectivity index (χ1) is 15.5. The number of nitrogens with one attached hydrogen (secondary N) is 2. The van der Waals surface area contributed by atoms with E-state index in [1.54, 1.807) is 0 Å². The van der Waals surface area contributed by atoms with Gasteiger partial charge in [-0.1, -0.05) is 56.3 Å². The Morgan fingerprint density at radius 1 is 1.03 bits per heavy atom. The summed E-state index contributed by atoms with van der Waals surface area (Å²) in [5, 5.41) is 5.83. The molecule has 32 heavy (non-hydrogen) atoms. The molecule has 0 saturated carbocycles. The smallest absolute Gasteiger partial charge is 0.247 e. The molecule has 1 aromatic heterocycles. The Balaban J connectivity index is 1.38. The first-order valence-electron chi connectivity index (χ1n) is 11.3. The van der Waals surface area contributed by atoms with Crippen molar-refractivity contribution in [1.82, 2.24) is 14.9 Å². The van der Waals surface area contributed by atoms with Crippen molar-refractivity contribution in [2.45, 2.75) is 52.1 Å². The largest absolute Gasteiger partial charge is 0.344 e. The highest BCUT2D eigenvalue weighted by Gasteiger charge is 2.24. The minimum Gasteiger partial charge on any atom is -0.344 e. The van der Waals surface area contributed by atoms with Crippen molar-refractivity contribution in [2.75, 3.05) is 5.32 Å². The van der Waals surface area contributed by atoms with Crippen LogP contribution in [0, 0.1) is 5.92 Å². The Morgan fingerprint density at radius 3 is 2.47 bits per heavy atom. The van der Waals surface area contributed by atoms with Gasteiger partial charge in [0.15, 0.2) is 0 Å². The molecule has 4 rings (SSSR count). The van der Waals surface area contributed by atoms with Gasteiger partial charge >= 0.3 is 0 Å². The van der Waals surface area contributed by atoms with Gasteiger partial charge in [-0.3, -0.25) is 9.59 Å². The van der Waals surface area contributed by atoms with Gasteiger partial charge in [-0.15, -0.1) is 0 Å². The third-order valence-electron chi connectivity index (χ3n) is 5.83. The van der Waals surface area contributed by atoms with Gasteiger partial charge < -0.3 is 15.2 Å². The molecule has 2 N–H and O–H groups in total. The lowest BCUT2D eigenvalue weighted by Crippen LogP contribution is -2.47. The molecule has 2 aromatic carbocycles. The Kier molecular flexibility index (Phi) is 6.69. The van der Waals surface area contributed by atoms with Crippen LogP contribution in [0.5, 0.6) is 0 Å². The van der Waals surface area contributed by atoms with Gasteiger partial charge in [0.25, 0.3) is 0 Å². The lowest BCUT2D eigenvalue weighted by Gasteiger charge is -2.22. The number of hydrogen-bond acceptors (Lipinski definition) is 3. The predicted molar refractivity (Wildman–Crippen MR) is 126 cm³/mol. The molecule has 0 radical (unpaired) electrons. The number of amides is 2. The standard InChI is InChI=1S/C26H30N4O2/c1-18(2)25(29-24(31)16-19-8-4-3-5-9-19)26(32)27-21-13-11-20(12-14-21)22-17-30-15-7-6-10-23(30)28-22/h3-5,8-9,11-14,17-18,25H,6-7,10,15-16H2,1-2H3,(H,27,32)(H,29,31). The van der Waals surface area contributed by atoms with Gasteiger partial charge in [-0.2, -0.15) is 0 Å². The van der Waals surface area contributed by atoms with Gasteiger partial charge in [0.1, 0.15) is 11.9 Å². The summed E-state index contributed by atoms with van der Waals surface area (Å²) in [6.07, 6.45) is 5.79. The van der Waals surface area contributed by atoms with E-state index >= 15 is 0 Å². The fraction of sp³-hybridized carbons (Fsp3) is 0.346. The zero-order valence-corrected chi connectivity index (χ0v) is 18.7. The number of anilines is 1. The monoisotopic (exact) mass is 430 g/mol. The van der Waals surface area contributed by atoms with Crippen LogP contribution in [-0.2, 0) is 29.0 Å². The number of carbonyl (C=O) groups is 2. The Hall–Kier alpha value is -3.41. The molecule has 0 bridgehead atoms. The van der Waals surface area contributed by atoms with Crippen molar-refractivity contribution in [3.05, 3.63) is 72.2 Å². The summed E-state index contributed by atoms with van der Waals surface area (Å²) in [6, 6.07) is 16.6. The summed E-state index contributed by atoms with van der Waals surface area (Å²) in [5.41, 5.74) is 3.62. The number of aromatic nitrogens is 2. The molecule has 1 unspecified atom stereocenters. The highest BCUT2D eigenvalue weighted by molar-refractivity contribution is 5.97. The quantitative estimate of drug-likeness (QED) is 0.590. The average molecular weight is 431 g/mol. The zero-order chi connectivity index (χ0) is 22.5. The molecule has 1 atom stereocenters. The molecule has 6 nitrogen and oxygen atoms in total.